The van der Waals surface area contributed by atoms with E-state index in [4.69, 9.17) is 10.3 Å². The van der Waals surface area contributed by atoms with Gasteiger partial charge < -0.3 is 20.9 Å². The van der Waals surface area contributed by atoms with Crippen molar-refractivity contribution < 1.29 is 4.52 Å². The highest BCUT2D eigenvalue weighted by Gasteiger charge is 2.20. The normalized spacial score (nSPS) is 15.1. The third-order valence-corrected chi connectivity index (χ3v) is 4.30. The maximum absolute atomic E-state index is 5.89. The molecule has 0 saturated carbocycles. The Kier molecular flexibility index (Phi) is 4.44. The van der Waals surface area contributed by atoms with Crippen LogP contribution in [-0.2, 0) is 12.8 Å². The van der Waals surface area contributed by atoms with Crippen LogP contribution >= 0.6 is 0 Å². The average Bonchev–Trinajstić information content (AvgIpc) is 3.03. The molecule has 1 atom stereocenters. The predicted molar refractivity (Wildman–Crippen MR) is 96.3 cm³/mol. The minimum Gasteiger partial charge on any atom is -0.368 e. The van der Waals surface area contributed by atoms with Gasteiger partial charge in [-0.05, 0) is 32.0 Å². The monoisotopic (exact) mass is 352 g/mol. The number of fused-ring (bicyclic) bond motifs is 1. The zero-order valence-electron chi connectivity index (χ0n) is 14.4. The average molecular weight is 352 g/mol. The van der Waals surface area contributed by atoms with Crippen molar-refractivity contribution in [3.8, 4) is 11.4 Å². The number of nitrogen functional groups attached to an aromatic ring is 1. The second kappa shape index (κ2) is 7.04. The third kappa shape index (κ3) is 3.33. The summed E-state index contributed by atoms with van der Waals surface area (Å²) >= 11 is 0. The number of nitrogens with one attached hydrogen (secondary N) is 2. The molecule has 0 aromatic carbocycles. The molecule has 1 aliphatic rings. The molecule has 0 bridgehead atoms. The Hall–Kier alpha value is -3.07. The number of aromatic nitrogens is 5. The van der Waals surface area contributed by atoms with E-state index in [2.05, 4.69) is 35.7 Å². The Morgan fingerprint density at radius 1 is 1.15 bits per heavy atom. The van der Waals surface area contributed by atoms with E-state index in [0.717, 1.165) is 48.6 Å². The van der Waals surface area contributed by atoms with Crippen molar-refractivity contribution in [1.82, 2.24) is 30.4 Å². The summed E-state index contributed by atoms with van der Waals surface area (Å²) < 4.78 is 5.42. The van der Waals surface area contributed by atoms with Gasteiger partial charge in [0.25, 0.3) is 0 Å². The summed E-state index contributed by atoms with van der Waals surface area (Å²) in [5.41, 5.74) is 8.82. The van der Waals surface area contributed by atoms with Crippen LogP contribution < -0.4 is 16.4 Å². The molecule has 3 aromatic heterocycles. The van der Waals surface area contributed by atoms with Crippen molar-refractivity contribution in [3.05, 3.63) is 41.7 Å². The first-order valence-electron chi connectivity index (χ1n) is 8.57. The molecule has 0 amide bonds. The van der Waals surface area contributed by atoms with Gasteiger partial charge in [-0.15, -0.1) is 0 Å². The van der Waals surface area contributed by atoms with Crippen LogP contribution in [0.1, 0.15) is 30.1 Å². The Labute approximate surface area is 150 Å². The lowest BCUT2D eigenvalue weighted by Crippen LogP contribution is -2.16. The van der Waals surface area contributed by atoms with E-state index in [1.165, 1.54) is 0 Å². The van der Waals surface area contributed by atoms with Gasteiger partial charge in [-0.25, -0.2) is 4.98 Å². The van der Waals surface area contributed by atoms with Crippen molar-refractivity contribution in [1.29, 1.82) is 0 Å². The highest BCUT2D eigenvalue weighted by Crippen LogP contribution is 2.25. The lowest BCUT2D eigenvalue weighted by Gasteiger charge is -2.16. The molecule has 1 aliphatic heterocycles. The quantitative estimate of drug-likeness (QED) is 0.637. The Balaban J connectivity index is 1.58. The molecular weight excluding hydrogens is 332 g/mol. The second-order valence-corrected chi connectivity index (χ2v) is 6.16. The smallest absolute Gasteiger partial charge is 0.249 e. The Morgan fingerprint density at radius 3 is 2.81 bits per heavy atom. The highest BCUT2D eigenvalue weighted by atomic mass is 16.5. The summed E-state index contributed by atoms with van der Waals surface area (Å²) in [6, 6.07) is 3.46. The second-order valence-electron chi connectivity index (χ2n) is 6.16. The van der Waals surface area contributed by atoms with Gasteiger partial charge in [0, 0.05) is 36.5 Å². The molecule has 0 spiro atoms. The number of hydrogen-bond acceptors (Lipinski definition) is 9. The SMILES string of the molecule is C[C@H](Nc1nc(N)nc2c1CCNCC2)c1nc(-c2ccncc2)no1. The summed E-state index contributed by atoms with van der Waals surface area (Å²) in [5, 5.41) is 10.8. The number of rotatable bonds is 4. The van der Waals surface area contributed by atoms with E-state index in [0.29, 0.717) is 11.7 Å². The zero-order valence-corrected chi connectivity index (χ0v) is 14.4. The summed E-state index contributed by atoms with van der Waals surface area (Å²) in [6.07, 6.45) is 5.06. The molecular formula is C17H20N8O. The molecule has 4 N–H and O–H groups in total. The fraction of sp³-hybridized carbons (Fsp3) is 0.353. The van der Waals surface area contributed by atoms with E-state index in [-0.39, 0.29) is 12.0 Å². The number of nitrogens with two attached hydrogens (primary N) is 1. The van der Waals surface area contributed by atoms with E-state index in [1.54, 1.807) is 12.4 Å². The summed E-state index contributed by atoms with van der Waals surface area (Å²) in [7, 11) is 0. The fourth-order valence-electron chi connectivity index (χ4n) is 2.98. The molecule has 0 aliphatic carbocycles. The van der Waals surface area contributed by atoms with Crippen molar-refractivity contribution in [2.45, 2.75) is 25.8 Å². The first kappa shape index (κ1) is 16.4. The van der Waals surface area contributed by atoms with E-state index in [9.17, 15) is 0 Å². The van der Waals surface area contributed by atoms with Gasteiger partial charge in [0.15, 0.2) is 0 Å². The molecule has 4 heterocycles. The van der Waals surface area contributed by atoms with Crippen LogP contribution in [0.3, 0.4) is 0 Å². The van der Waals surface area contributed by atoms with Crippen LogP contribution in [0.4, 0.5) is 11.8 Å². The maximum atomic E-state index is 5.89. The summed E-state index contributed by atoms with van der Waals surface area (Å²) in [5.74, 6) is 2.01. The first-order chi connectivity index (χ1) is 12.7. The molecule has 9 nitrogen and oxygen atoms in total. The lowest BCUT2D eigenvalue weighted by atomic mass is 10.1. The molecule has 0 radical (unpaired) electrons. The van der Waals surface area contributed by atoms with Crippen molar-refractivity contribution in [3.63, 3.8) is 0 Å². The van der Waals surface area contributed by atoms with Gasteiger partial charge in [-0.1, -0.05) is 5.16 Å². The lowest BCUT2D eigenvalue weighted by molar-refractivity contribution is 0.367. The van der Waals surface area contributed by atoms with Gasteiger partial charge in [0.2, 0.25) is 17.7 Å². The molecule has 0 saturated heterocycles. The van der Waals surface area contributed by atoms with Crippen LogP contribution in [-0.4, -0.2) is 38.2 Å². The fourth-order valence-corrected chi connectivity index (χ4v) is 2.98. The zero-order chi connectivity index (χ0) is 17.9. The van der Waals surface area contributed by atoms with Crippen LogP contribution in [0.15, 0.2) is 29.0 Å². The number of pyridine rings is 1. The molecule has 26 heavy (non-hydrogen) atoms. The van der Waals surface area contributed by atoms with Crippen LogP contribution in [0, 0.1) is 0 Å². The molecule has 3 aromatic rings. The van der Waals surface area contributed by atoms with Gasteiger partial charge in [0.05, 0.1) is 5.69 Å². The molecule has 9 heteroatoms. The number of anilines is 2. The van der Waals surface area contributed by atoms with Gasteiger partial charge in [0.1, 0.15) is 11.9 Å². The standard InChI is InChI=1S/C17H20N8O/c1-10(16-23-14(25-26-16)11-2-6-19-7-3-11)21-15-12-4-8-20-9-5-13(12)22-17(18)24-15/h2-3,6-7,10,20H,4-5,8-9H2,1H3,(H3,18,21,22,24)/t10-/m0/s1. The van der Waals surface area contributed by atoms with E-state index >= 15 is 0 Å². The predicted octanol–water partition coefficient (Wildman–Crippen LogP) is 1.37. The van der Waals surface area contributed by atoms with Crippen molar-refractivity contribution in [2.75, 3.05) is 24.1 Å². The summed E-state index contributed by atoms with van der Waals surface area (Å²) in [4.78, 5) is 17.2. The minimum absolute atomic E-state index is 0.215. The largest absolute Gasteiger partial charge is 0.368 e. The van der Waals surface area contributed by atoms with Crippen LogP contribution in [0.5, 0.6) is 0 Å². The topological polar surface area (TPSA) is 128 Å². The van der Waals surface area contributed by atoms with Gasteiger partial charge in [-0.3, -0.25) is 4.98 Å². The highest BCUT2D eigenvalue weighted by molar-refractivity contribution is 5.54. The van der Waals surface area contributed by atoms with Crippen LogP contribution in [0.2, 0.25) is 0 Å². The van der Waals surface area contributed by atoms with E-state index < -0.39 is 0 Å². The molecule has 0 fully saturated rings. The van der Waals surface area contributed by atoms with Gasteiger partial charge >= 0.3 is 0 Å². The van der Waals surface area contributed by atoms with Crippen molar-refractivity contribution >= 4 is 11.8 Å². The maximum Gasteiger partial charge on any atom is 0.249 e. The summed E-state index contributed by atoms with van der Waals surface area (Å²) in [6.45, 7) is 3.72. The Morgan fingerprint density at radius 2 is 1.96 bits per heavy atom. The van der Waals surface area contributed by atoms with Crippen molar-refractivity contribution in [2.24, 2.45) is 0 Å². The molecule has 134 valence electrons. The minimum atomic E-state index is -0.215. The molecule has 4 rings (SSSR count). The third-order valence-electron chi connectivity index (χ3n) is 4.30. The van der Waals surface area contributed by atoms with Gasteiger partial charge in [-0.2, -0.15) is 9.97 Å². The van der Waals surface area contributed by atoms with Crippen LogP contribution in [0.25, 0.3) is 11.4 Å². The number of hydrogen-bond donors (Lipinski definition) is 3. The Bertz CT molecular complexity index is 895. The molecule has 0 unspecified atom stereocenters. The number of nitrogens with zero attached hydrogens (tertiary/aromatic N) is 5. The van der Waals surface area contributed by atoms with E-state index in [1.807, 2.05) is 19.1 Å². The first-order valence-corrected chi connectivity index (χ1v) is 8.57.